The zero-order valence-electron chi connectivity index (χ0n) is 18.8. The van der Waals surface area contributed by atoms with Gasteiger partial charge in [0, 0.05) is 6.54 Å². The van der Waals surface area contributed by atoms with Crippen LogP contribution in [0.15, 0.2) is 72.8 Å². The molecule has 0 aliphatic carbocycles. The molecule has 0 aliphatic rings. The van der Waals surface area contributed by atoms with E-state index in [1.165, 1.54) is 0 Å². The lowest BCUT2D eigenvalue weighted by Crippen LogP contribution is -2.19. The molecule has 3 aromatic rings. The van der Waals surface area contributed by atoms with Crippen molar-refractivity contribution >= 4 is 11.1 Å². The highest BCUT2D eigenvalue weighted by atomic mass is 16.5. The van der Waals surface area contributed by atoms with Crippen molar-refractivity contribution in [1.82, 2.24) is 4.90 Å². The van der Waals surface area contributed by atoms with Gasteiger partial charge >= 0.3 is 0 Å². The maximum atomic E-state index is 10.3. The average molecular weight is 418 g/mol. The summed E-state index contributed by atoms with van der Waals surface area (Å²) >= 11 is 0. The van der Waals surface area contributed by atoms with Crippen LogP contribution in [0.3, 0.4) is 0 Å². The minimum absolute atomic E-state index is 0.142. The van der Waals surface area contributed by atoms with Crippen molar-refractivity contribution in [3.05, 3.63) is 89.5 Å². The van der Waals surface area contributed by atoms with Crippen LogP contribution in [0, 0.1) is 0 Å². The number of rotatable bonds is 9. The molecule has 0 amide bonds. The van der Waals surface area contributed by atoms with Crippen LogP contribution in [0.25, 0.3) is 11.1 Å². The number of methoxy groups -OCH3 is 1. The summed E-state index contributed by atoms with van der Waals surface area (Å²) in [5.74, 6) is 1.47. The molecule has 3 aromatic carbocycles. The number of aromatic hydroxyl groups is 1. The number of hydrogen-bond donors (Lipinski definition) is 1. The van der Waals surface area contributed by atoms with E-state index < -0.39 is 0 Å². The maximum absolute atomic E-state index is 10.3. The van der Waals surface area contributed by atoms with Gasteiger partial charge in [-0.3, -0.25) is 0 Å². The SMILES string of the molecule is CC/C(=C(\c1ccccc1)c1ccc(OCCN(C)C)cc1)c1ccc(OC)c(O)c1. The Bertz CT molecular complexity index is 1010. The van der Waals surface area contributed by atoms with Crippen molar-refractivity contribution in [2.24, 2.45) is 0 Å². The van der Waals surface area contributed by atoms with Crippen LogP contribution in [0.5, 0.6) is 17.2 Å². The van der Waals surface area contributed by atoms with Gasteiger partial charge in [0.05, 0.1) is 7.11 Å². The summed E-state index contributed by atoms with van der Waals surface area (Å²) in [5, 5.41) is 10.3. The number of phenols is 1. The number of likely N-dealkylation sites (N-methyl/N-ethyl adjacent to an activating group) is 1. The van der Waals surface area contributed by atoms with Crippen molar-refractivity contribution in [3.8, 4) is 17.2 Å². The quantitative estimate of drug-likeness (QED) is 0.453. The van der Waals surface area contributed by atoms with Gasteiger partial charge in [0.2, 0.25) is 0 Å². The van der Waals surface area contributed by atoms with E-state index in [-0.39, 0.29) is 5.75 Å². The monoisotopic (exact) mass is 417 g/mol. The molecule has 0 spiro atoms. The molecule has 0 saturated heterocycles. The van der Waals surface area contributed by atoms with E-state index in [1.807, 2.05) is 56.6 Å². The number of benzene rings is 3. The second kappa shape index (κ2) is 10.7. The zero-order chi connectivity index (χ0) is 22.2. The molecule has 3 rings (SSSR count). The summed E-state index contributed by atoms with van der Waals surface area (Å²) in [5.41, 5.74) is 5.53. The Labute approximate surface area is 185 Å². The van der Waals surface area contributed by atoms with Crippen molar-refractivity contribution in [2.45, 2.75) is 13.3 Å². The second-order valence-electron chi connectivity index (χ2n) is 7.64. The fraction of sp³-hybridized carbons (Fsp3) is 0.259. The Morgan fingerprint density at radius 1 is 0.871 bits per heavy atom. The van der Waals surface area contributed by atoms with E-state index in [0.29, 0.717) is 12.4 Å². The van der Waals surface area contributed by atoms with Crippen molar-refractivity contribution in [1.29, 1.82) is 0 Å². The minimum atomic E-state index is 0.142. The van der Waals surface area contributed by atoms with Crippen LogP contribution in [0.2, 0.25) is 0 Å². The smallest absolute Gasteiger partial charge is 0.160 e. The Kier molecular flexibility index (Phi) is 7.74. The molecule has 4 nitrogen and oxygen atoms in total. The van der Waals surface area contributed by atoms with Crippen LogP contribution in [0.1, 0.15) is 30.0 Å². The third-order valence-electron chi connectivity index (χ3n) is 5.20. The lowest BCUT2D eigenvalue weighted by Gasteiger charge is -2.17. The summed E-state index contributed by atoms with van der Waals surface area (Å²) in [4.78, 5) is 2.10. The van der Waals surface area contributed by atoms with E-state index in [9.17, 15) is 5.11 Å². The topological polar surface area (TPSA) is 41.9 Å². The number of nitrogens with zero attached hydrogens (tertiary/aromatic N) is 1. The molecule has 0 radical (unpaired) electrons. The first kappa shape index (κ1) is 22.4. The lowest BCUT2D eigenvalue weighted by molar-refractivity contribution is 0.261. The largest absolute Gasteiger partial charge is 0.504 e. The Morgan fingerprint density at radius 3 is 2.10 bits per heavy atom. The molecule has 162 valence electrons. The van der Waals surface area contributed by atoms with Crippen LogP contribution in [-0.2, 0) is 0 Å². The number of hydrogen-bond acceptors (Lipinski definition) is 4. The van der Waals surface area contributed by atoms with Gasteiger partial charge in [-0.25, -0.2) is 0 Å². The summed E-state index contributed by atoms with van der Waals surface area (Å²) in [6.45, 7) is 3.66. The Balaban J connectivity index is 2.05. The first-order valence-electron chi connectivity index (χ1n) is 10.6. The first-order chi connectivity index (χ1) is 15.0. The highest BCUT2D eigenvalue weighted by molar-refractivity contribution is 5.98. The fourth-order valence-corrected chi connectivity index (χ4v) is 3.59. The fourth-order valence-electron chi connectivity index (χ4n) is 3.59. The van der Waals surface area contributed by atoms with Gasteiger partial charge in [-0.1, -0.05) is 55.5 Å². The van der Waals surface area contributed by atoms with Gasteiger partial charge in [-0.05, 0) is 72.6 Å². The van der Waals surface area contributed by atoms with Crippen molar-refractivity contribution < 1.29 is 14.6 Å². The summed E-state index contributed by atoms with van der Waals surface area (Å²) in [6, 6.07) is 24.2. The molecule has 0 fully saturated rings. The molecular weight excluding hydrogens is 386 g/mol. The third kappa shape index (κ3) is 5.68. The second-order valence-corrected chi connectivity index (χ2v) is 7.64. The average Bonchev–Trinajstić information content (AvgIpc) is 2.78. The summed E-state index contributed by atoms with van der Waals surface area (Å²) in [6.07, 6.45) is 0.817. The molecule has 0 heterocycles. The molecule has 0 aromatic heterocycles. The van der Waals surface area contributed by atoms with Gasteiger partial charge in [0.25, 0.3) is 0 Å². The first-order valence-corrected chi connectivity index (χ1v) is 10.6. The van der Waals surface area contributed by atoms with Crippen LogP contribution in [0.4, 0.5) is 0 Å². The number of ether oxygens (including phenoxy) is 2. The Morgan fingerprint density at radius 2 is 1.52 bits per heavy atom. The van der Waals surface area contributed by atoms with Crippen molar-refractivity contribution in [3.63, 3.8) is 0 Å². The third-order valence-corrected chi connectivity index (χ3v) is 5.20. The predicted molar refractivity (Wildman–Crippen MR) is 128 cm³/mol. The number of allylic oxidation sites excluding steroid dienone is 1. The summed E-state index contributed by atoms with van der Waals surface area (Å²) in [7, 11) is 5.63. The van der Waals surface area contributed by atoms with Gasteiger partial charge in [0.1, 0.15) is 12.4 Å². The predicted octanol–water partition coefficient (Wildman–Crippen LogP) is 5.71. The lowest BCUT2D eigenvalue weighted by atomic mass is 9.88. The van der Waals surface area contributed by atoms with Gasteiger partial charge < -0.3 is 19.5 Å². The van der Waals surface area contributed by atoms with E-state index in [0.717, 1.165) is 46.6 Å². The van der Waals surface area contributed by atoms with E-state index in [2.05, 4.69) is 36.1 Å². The van der Waals surface area contributed by atoms with E-state index in [1.54, 1.807) is 13.2 Å². The minimum Gasteiger partial charge on any atom is -0.504 e. The Hall–Kier alpha value is -3.24. The molecular formula is C27H31NO3. The van der Waals surface area contributed by atoms with E-state index in [4.69, 9.17) is 9.47 Å². The highest BCUT2D eigenvalue weighted by Crippen LogP contribution is 2.37. The molecule has 0 aliphatic heterocycles. The van der Waals surface area contributed by atoms with E-state index >= 15 is 0 Å². The van der Waals surface area contributed by atoms with Gasteiger partial charge in [-0.2, -0.15) is 0 Å². The van der Waals surface area contributed by atoms with Gasteiger partial charge in [-0.15, -0.1) is 0 Å². The van der Waals surface area contributed by atoms with Gasteiger partial charge in [0.15, 0.2) is 11.5 Å². The van der Waals surface area contributed by atoms with Crippen LogP contribution < -0.4 is 9.47 Å². The molecule has 31 heavy (non-hydrogen) atoms. The maximum Gasteiger partial charge on any atom is 0.160 e. The highest BCUT2D eigenvalue weighted by Gasteiger charge is 2.14. The van der Waals surface area contributed by atoms with Crippen LogP contribution in [-0.4, -0.2) is 44.4 Å². The molecule has 1 N–H and O–H groups in total. The molecule has 0 bridgehead atoms. The normalized spacial score (nSPS) is 11.9. The van der Waals surface area contributed by atoms with Crippen molar-refractivity contribution in [2.75, 3.05) is 34.4 Å². The standard InChI is InChI=1S/C27H31NO3/c1-5-24(22-13-16-26(30-4)25(29)19-22)27(20-9-7-6-8-10-20)21-11-14-23(15-12-21)31-18-17-28(2)3/h6-16,19,29H,5,17-18H2,1-4H3/b27-24-. The molecule has 0 saturated carbocycles. The molecule has 4 heteroatoms. The molecule has 0 atom stereocenters. The summed E-state index contributed by atoms with van der Waals surface area (Å²) < 4.78 is 11.1. The number of phenolic OH excluding ortho intramolecular Hbond substituents is 1. The zero-order valence-corrected chi connectivity index (χ0v) is 18.8. The van der Waals surface area contributed by atoms with Crippen LogP contribution >= 0.6 is 0 Å². The molecule has 0 unspecified atom stereocenters.